The van der Waals surface area contributed by atoms with Gasteiger partial charge in [-0.2, -0.15) is 5.26 Å². The average molecular weight is 338 g/mol. The van der Waals surface area contributed by atoms with E-state index in [-0.39, 0.29) is 5.91 Å². The number of carbonyl (C=O) groups excluding carboxylic acids is 2. The Hall–Kier alpha value is -3.33. The van der Waals surface area contributed by atoms with Gasteiger partial charge < -0.3 is 14.8 Å². The molecule has 1 amide bonds. The van der Waals surface area contributed by atoms with Crippen LogP contribution in [-0.2, 0) is 9.53 Å². The summed E-state index contributed by atoms with van der Waals surface area (Å²) in [5, 5.41) is 11.6. The first-order valence-electron chi connectivity index (χ1n) is 7.78. The molecule has 0 saturated carbocycles. The zero-order chi connectivity index (χ0) is 18.2. The lowest BCUT2D eigenvalue weighted by molar-refractivity contribution is -0.122. The minimum absolute atomic E-state index is 0.305. The monoisotopic (exact) mass is 338 g/mol. The third-order valence-corrected chi connectivity index (χ3v) is 3.31. The van der Waals surface area contributed by atoms with Gasteiger partial charge in [-0.3, -0.25) is 4.79 Å². The summed E-state index contributed by atoms with van der Waals surface area (Å²) in [5.41, 5.74) is 1.41. The van der Waals surface area contributed by atoms with Crippen molar-refractivity contribution in [1.29, 1.82) is 5.26 Å². The average Bonchev–Trinajstić information content (AvgIpc) is 2.62. The van der Waals surface area contributed by atoms with E-state index in [0.29, 0.717) is 29.2 Å². The number of carbonyl (C=O) groups is 2. The predicted molar refractivity (Wildman–Crippen MR) is 92.3 cm³/mol. The molecule has 6 nitrogen and oxygen atoms in total. The molecule has 0 aliphatic carbocycles. The Bertz CT molecular complexity index is 794. The van der Waals surface area contributed by atoms with Gasteiger partial charge in [0.15, 0.2) is 6.10 Å². The van der Waals surface area contributed by atoms with Crippen molar-refractivity contribution in [2.75, 3.05) is 11.9 Å². The summed E-state index contributed by atoms with van der Waals surface area (Å²) in [5.74, 6) is -0.306. The molecule has 0 aromatic heterocycles. The number of rotatable bonds is 6. The van der Waals surface area contributed by atoms with Gasteiger partial charge in [-0.1, -0.05) is 6.07 Å². The molecule has 25 heavy (non-hydrogen) atoms. The van der Waals surface area contributed by atoms with E-state index < -0.39 is 12.1 Å². The maximum atomic E-state index is 12.2. The molecule has 2 aromatic carbocycles. The Kier molecular flexibility index (Phi) is 6.13. The van der Waals surface area contributed by atoms with Crippen LogP contribution in [0.15, 0.2) is 48.5 Å². The van der Waals surface area contributed by atoms with Crippen LogP contribution in [0.3, 0.4) is 0 Å². The number of esters is 1. The Balaban J connectivity index is 1.96. The molecule has 0 saturated heterocycles. The molecule has 1 N–H and O–H groups in total. The van der Waals surface area contributed by atoms with E-state index in [4.69, 9.17) is 14.7 Å². The quantitative estimate of drug-likeness (QED) is 0.818. The summed E-state index contributed by atoms with van der Waals surface area (Å²) in [4.78, 5) is 23.8. The van der Waals surface area contributed by atoms with Gasteiger partial charge in [0.1, 0.15) is 5.75 Å². The lowest BCUT2D eigenvalue weighted by atomic mass is 10.2. The topological polar surface area (TPSA) is 88.4 Å². The molecule has 0 bridgehead atoms. The molecule has 0 fully saturated rings. The predicted octanol–water partition coefficient (Wildman–Crippen LogP) is 3.14. The van der Waals surface area contributed by atoms with Gasteiger partial charge in [0, 0.05) is 5.69 Å². The largest absolute Gasteiger partial charge is 0.481 e. The Morgan fingerprint density at radius 2 is 1.92 bits per heavy atom. The Labute approximate surface area is 146 Å². The van der Waals surface area contributed by atoms with Crippen LogP contribution in [0.25, 0.3) is 0 Å². The number of ether oxygens (including phenoxy) is 2. The fraction of sp³-hybridized carbons (Fsp3) is 0.211. The number of nitriles is 1. The van der Waals surface area contributed by atoms with Gasteiger partial charge in [0.05, 0.1) is 23.8 Å². The molecule has 0 aliphatic heterocycles. The SMILES string of the molecule is CCOC(=O)c1ccc(NC(=O)C(C)Oc2cccc(C#N)c2)cc1. The summed E-state index contributed by atoms with van der Waals surface area (Å²) < 4.78 is 10.5. The number of nitrogens with zero attached hydrogens (tertiary/aromatic N) is 1. The summed E-state index contributed by atoms with van der Waals surface area (Å²) in [6.45, 7) is 3.65. The van der Waals surface area contributed by atoms with Crippen LogP contribution in [0.1, 0.15) is 29.8 Å². The van der Waals surface area contributed by atoms with Gasteiger partial charge >= 0.3 is 5.97 Å². The second-order valence-corrected chi connectivity index (χ2v) is 5.19. The maximum absolute atomic E-state index is 12.2. The van der Waals surface area contributed by atoms with Crippen LogP contribution >= 0.6 is 0 Å². The fourth-order valence-electron chi connectivity index (χ4n) is 2.04. The number of anilines is 1. The smallest absolute Gasteiger partial charge is 0.338 e. The molecule has 2 aromatic rings. The summed E-state index contributed by atoms with van der Waals surface area (Å²) in [6, 6.07) is 15.0. The van der Waals surface area contributed by atoms with Crippen molar-refractivity contribution in [2.45, 2.75) is 20.0 Å². The maximum Gasteiger partial charge on any atom is 0.338 e. The zero-order valence-electron chi connectivity index (χ0n) is 14.0. The van der Waals surface area contributed by atoms with E-state index in [1.165, 1.54) is 0 Å². The number of hydrogen-bond donors (Lipinski definition) is 1. The summed E-state index contributed by atoms with van der Waals surface area (Å²) in [7, 11) is 0. The molecule has 128 valence electrons. The van der Waals surface area contributed by atoms with Crippen LogP contribution in [0.2, 0.25) is 0 Å². The normalized spacial score (nSPS) is 11.1. The van der Waals surface area contributed by atoms with Crippen LogP contribution in [0.4, 0.5) is 5.69 Å². The second-order valence-electron chi connectivity index (χ2n) is 5.19. The summed E-state index contributed by atoms with van der Waals surface area (Å²) in [6.07, 6.45) is -0.751. The lowest BCUT2D eigenvalue weighted by Crippen LogP contribution is -2.30. The van der Waals surface area contributed by atoms with Crippen molar-refractivity contribution >= 4 is 17.6 Å². The molecular formula is C19H18N2O4. The minimum atomic E-state index is -0.751. The highest BCUT2D eigenvalue weighted by molar-refractivity contribution is 5.95. The van der Waals surface area contributed by atoms with E-state index in [1.807, 2.05) is 6.07 Å². The van der Waals surface area contributed by atoms with Gasteiger partial charge in [0.25, 0.3) is 5.91 Å². The molecule has 0 radical (unpaired) electrons. The van der Waals surface area contributed by atoms with Crippen LogP contribution in [0, 0.1) is 11.3 Å². The van der Waals surface area contributed by atoms with Gasteiger partial charge in [-0.25, -0.2) is 4.79 Å². The number of amides is 1. The number of benzene rings is 2. The second kappa shape index (κ2) is 8.50. The molecule has 1 atom stereocenters. The Morgan fingerprint density at radius 1 is 1.20 bits per heavy atom. The molecule has 0 heterocycles. The highest BCUT2D eigenvalue weighted by Gasteiger charge is 2.15. The van der Waals surface area contributed by atoms with Crippen LogP contribution in [-0.4, -0.2) is 24.6 Å². The molecule has 0 aliphatic rings. The van der Waals surface area contributed by atoms with Crippen molar-refractivity contribution in [1.82, 2.24) is 0 Å². The highest BCUT2D eigenvalue weighted by Crippen LogP contribution is 2.16. The highest BCUT2D eigenvalue weighted by atomic mass is 16.5. The van der Waals surface area contributed by atoms with Crippen LogP contribution < -0.4 is 10.1 Å². The van der Waals surface area contributed by atoms with E-state index in [0.717, 1.165) is 0 Å². The van der Waals surface area contributed by atoms with Crippen molar-refractivity contribution in [3.63, 3.8) is 0 Å². The standard InChI is InChI=1S/C19H18N2O4/c1-3-24-19(23)15-7-9-16(10-8-15)21-18(22)13(2)25-17-6-4-5-14(11-17)12-20/h4-11,13H,3H2,1-2H3,(H,21,22). The third-order valence-electron chi connectivity index (χ3n) is 3.31. The minimum Gasteiger partial charge on any atom is -0.481 e. The number of hydrogen-bond acceptors (Lipinski definition) is 5. The zero-order valence-corrected chi connectivity index (χ0v) is 14.0. The van der Waals surface area contributed by atoms with Crippen molar-refractivity contribution < 1.29 is 19.1 Å². The lowest BCUT2D eigenvalue weighted by Gasteiger charge is -2.15. The summed E-state index contributed by atoms with van der Waals surface area (Å²) >= 11 is 0. The molecular weight excluding hydrogens is 320 g/mol. The molecule has 1 unspecified atom stereocenters. The van der Waals surface area contributed by atoms with Gasteiger partial charge in [-0.05, 0) is 56.3 Å². The first kappa shape index (κ1) is 18.0. The third kappa shape index (κ3) is 5.08. The van der Waals surface area contributed by atoms with Crippen LogP contribution in [0.5, 0.6) is 5.75 Å². The fourth-order valence-corrected chi connectivity index (χ4v) is 2.04. The van der Waals surface area contributed by atoms with E-state index in [2.05, 4.69) is 5.32 Å². The molecule has 0 spiro atoms. The Morgan fingerprint density at radius 3 is 2.56 bits per heavy atom. The number of nitrogens with one attached hydrogen (secondary N) is 1. The van der Waals surface area contributed by atoms with Gasteiger partial charge in [-0.15, -0.1) is 0 Å². The first-order valence-corrected chi connectivity index (χ1v) is 7.78. The van der Waals surface area contributed by atoms with Crippen molar-refractivity contribution in [3.8, 4) is 11.8 Å². The molecule has 2 rings (SSSR count). The van der Waals surface area contributed by atoms with E-state index in [9.17, 15) is 9.59 Å². The van der Waals surface area contributed by atoms with E-state index in [1.54, 1.807) is 62.4 Å². The van der Waals surface area contributed by atoms with E-state index >= 15 is 0 Å². The van der Waals surface area contributed by atoms with Crippen molar-refractivity contribution in [2.24, 2.45) is 0 Å². The van der Waals surface area contributed by atoms with Gasteiger partial charge in [0.2, 0.25) is 0 Å². The first-order chi connectivity index (χ1) is 12.0. The molecule has 6 heteroatoms. The van der Waals surface area contributed by atoms with Crippen molar-refractivity contribution in [3.05, 3.63) is 59.7 Å².